The van der Waals surface area contributed by atoms with Crippen LogP contribution < -0.4 is 26.4 Å². The molecule has 1 saturated heterocycles. The van der Waals surface area contributed by atoms with Crippen molar-refractivity contribution in [3.05, 3.63) is 18.3 Å². The number of ether oxygens (including phenoxy) is 9. The zero-order chi connectivity index (χ0) is 39.1. The molecule has 1 aliphatic heterocycles. The summed E-state index contributed by atoms with van der Waals surface area (Å²) >= 11 is 0. The fourth-order valence-electron chi connectivity index (χ4n) is 5.10. The molecule has 312 valence electrons. The first-order chi connectivity index (χ1) is 26.3. The van der Waals surface area contributed by atoms with E-state index in [-0.39, 0.29) is 11.9 Å². The van der Waals surface area contributed by atoms with Gasteiger partial charge in [-0.15, -0.1) is 0 Å². The Labute approximate surface area is 317 Å². The number of nitrogen functional groups attached to an aromatic ring is 1. The fourth-order valence-corrected chi connectivity index (χ4v) is 5.10. The number of urea groups is 1. The van der Waals surface area contributed by atoms with Gasteiger partial charge < -0.3 is 79.6 Å². The number of hydrogen-bond acceptors (Lipinski definition) is 16. The molecule has 2 rings (SSSR count). The van der Waals surface area contributed by atoms with Crippen LogP contribution in [0, 0.1) is 0 Å². The van der Waals surface area contributed by atoms with E-state index < -0.39 is 37.1 Å². The molecule has 3 amide bonds. The molecule has 1 aromatic heterocycles. The van der Waals surface area contributed by atoms with E-state index in [0.717, 1.165) is 19.3 Å². The van der Waals surface area contributed by atoms with Gasteiger partial charge in [-0.05, 0) is 18.9 Å². The van der Waals surface area contributed by atoms with Gasteiger partial charge in [-0.25, -0.2) is 9.78 Å². The van der Waals surface area contributed by atoms with Crippen molar-refractivity contribution in [1.82, 2.24) is 20.9 Å². The molecule has 0 saturated carbocycles. The Morgan fingerprint density at radius 2 is 1.22 bits per heavy atom. The highest BCUT2D eigenvalue weighted by Crippen LogP contribution is 2.25. The first-order valence-corrected chi connectivity index (χ1v) is 18.6. The van der Waals surface area contributed by atoms with Gasteiger partial charge in [-0.1, -0.05) is 12.8 Å². The molecule has 0 bridgehead atoms. The molecule has 0 aromatic carbocycles. The molecule has 0 radical (unpaired) electrons. The van der Waals surface area contributed by atoms with Gasteiger partial charge >= 0.3 is 6.03 Å². The number of nitrogens with one attached hydrogen (secondary N) is 3. The summed E-state index contributed by atoms with van der Waals surface area (Å²) < 4.78 is 49.5. The Hall–Kier alpha value is -2.95. The Balaban J connectivity index is 1.25. The molecule has 19 heteroatoms. The summed E-state index contributed by atoms with van der Waals surface area (Å²) in [6, 6.07) is 2.38. The highest BCUT2D eigenvalue weighted by molar-refractivity contribution is 5.73. The number of nitrogens with two attached hydrogens (primary N) is 1. The second-order valence-corrected chi connectivity index (χ2v) is 12.2. The zero-order valence-corrected chi connectivity index (χ0v) is 31.5. The third-order valence-corrected chi connectivity index (χ3v) is 7.84. The number of rotatable bonds is 33. The Morgan fingerprint density at radius 1 is 0.704 bits per heavy atom. The molecule has 0 unspecified atom stereocenters. The van der Waals surface area contributed by atoms with Crippen LogP contribution in [0.15, 0.2) is 18.3 Å². The summed E-state index contributed by atoms with van der Waals surface area (Å²) in [4.78, 5) is 27.5. The number of carbonyl (C=O) groups is 2. The maximum absolute atomic E-state index is 11.9. The Kier molecular flexibility index (Phi) is 27.3. The van der Waals surface area contributed by atoms with Crippen LogP contribution in [0.1, 0.15) is 32.6 Å². The second kappa shape index (κ2) is 31.3. The summed E-state index contributed by atoms with van der Waals surface area (Å²) in [5.74, 6) is 0.173. The number of aromatic nitrogens is 1. The van der Waals surface area contributed by atoms with Crippen LogP contribution in [0.5, 0.6) is 5.88 Å². The topological polar surface area (TPSA) is 253 Å². The van der Waals surface area contributed by atoms with E-state index in [1.807, 2.05) is 0 Å². The van der Waals surface area contributed by atoms with Gasteiger partial charge in [0.15, 0.2) is 0 Å². The number of nitrogens with zero attached hydrogens (tertiary/aromatic N) is 1. The monoisotopic (exact) mass is 777 g/mol. The van der Waals surface area contributed by atoms with Gasteiger partial charge in [0.05, 0.1) is 117 Å². The normalized spacial score (nSPS) is 19.7. The van der Waals surface area contributed by atoms with Crippen molar-refractivity contribution in [3.63, 3.8) is 0 Å². The highest BCUT2D eigenvalue weighted by atomic mass is 16.6. The van der Waals surface area contributed by atoms with Crippen molar-refractivity contribution >= 4 is 17.6 Å². The zero-order valence-electron chi connectivity index (χ0n) is 31.5. The van der Waals surface area contributed by atoms with Crippen LogP contribution in [-0.2, 0) is 42.7 Å². The van der Waals surface area contributed by atoms with E-state index >= 15 is 0 Å². The van der Waals surface area contributed by atoms with E-state index in [1.165, 1.54) is 13.1 Å². The molecular weight excluding hydrogens is 714 g/mol. The Morgan fingerprint density at radius 3 is 1.72 bits per heavy atom. The number of hydrogen-bond donors (Lipinski definition) is 7. The summed E-state index contributed by atoms with van der Waals surface area (Å²) in [5.41, 5.74) is 6.16. The van der Waals surface area contributed by atoms with Gasteiger partial charge in [0.25, 0.3) is 0 Å². The summed E-state index contributed by atoms with van der Waals surface area (Å²) in [7, 11) is 0. The summed E-state index contributed by atoms with van der Waals surface area (Å²) in [5, 5.41) is 38.0. The standard InChI is InChI=1S/C35H63N5O14/c1-27(42)40-32-29(54-30(26-41)33(43)34(32)44)5-3-2-4-10-46-13-14-47-11-8-37-35(45)38-9-12-48-15-16-49-17-18-50-19-20-51-21-22-52-23-24-53-31-7-6-28(36)25-39-31/h6-7,25,29-30,32-34,41,43-44H,2-5,8-24,26,36H2,1H3,(H,40,42)(H2,37,38,45)/t29-,30-,32+,33+,34-/m1/s1. The SMILES string of the molecule is CC(=O)N[C@@H]1[C@@H](O)[C@@H](O)[C@@H](CO)O[C@@H]1CCCCCOCCOCCNC(=O)NCCOCCOCCOCCOCCOCCOc1ccc(N)cn1. The van der Waals surface area contributed by atoms with Crippen LogP contribution in [0.4, 0.5) is 10.5 Å². The lowest BCUT2D eigenvalue weighted by atomic mass is 9.90. The van der Waals surface area contributed by atoms with Crippen LogP contribution >= 0.6 is 0 Å². The molecule has 1 aliphatic rings. The van der Waals surface area contributed by atoms with E-state index in [2.05, 4.69) is 20.9 Å². The summed E-state index contributed by atoms with van der Waals surface area (Å²) in [6.45, 7) is 8.10. The quantitative estimate of drug-likeness (QED) is 0.0423. The van der Waals surface area contributed by atoms with E-state index in [4.69, 9.17) is 48.4 Å². The number of aliphatic hydroxyl groups excluding tert-OH is 3. The molecule has 1 aromatic rings. The molecule has 1 fully saturated rings. The maximum atomic E-state index is 11.9. The minimum atomic E-state index is -1.28. The first-order valence-electron chi connectivity index (χ1n) is 18.6. The average molecular weight is 778 g/mol. The lowest BCUT2D eigenvalue weighted by Crippen LogP contribution is -2.63. The number of pyridine rings is 1. The van der Waals surface area contributed by atoms with Gasteiger partial charge in [0.1, 0.15) is 24.9 Å². The summed E-state index contributed by atoms with van der Waals surface area (Å²) in [6.07, 6.45) is 0.582. The molecule has 5 atom stereocenters. The van der Waals surface area contributed by atoms with Crippen LogP contribution in [0.3, 0.4) is 0 Å². The van der Waals surface area contributed by atoms with Gasteiger partial charge in [0.2, 0.25) is 11.8 Å². The van der Waals surface area contributed by atoms with Crippen molar-refractivity contribution in [2.75, 3.05) is 125 Å². The number of amides is 3. The van der Waals surface area contributed by atoms with Crippen LogP contribution in [0.2, 0.25) is 0 Å². The van der Waals surface area contributed by atoms with Crippen LogP contribution in [0.25, 0.3) is 0 Å². The predicted octanol–water partition coefficient (Wildman–Crippen LogP) is -0.995. The van der Waals surface area contributed by atoms with Gasteiger partial charge in [0, 0.05) is 32.7 Å². The highest BCUT2D eigenvalue weighted by Gasteiger charge is 2.44. The third kappa shape index (κ3) is 23.1. The number of unbranched alkanes of at least 4 members (excludes halogenated alkanes) is 2. The third-order valence-electron chi connectivity index (χ3n) is 7.84. The van der Waals surface area contributed by atoms with E-state index in [9.17, 15) is 24.9 Å². The molecule has 2 heterocycles. The van der Waals surface area contributed by atoms with Crippen molar-refractivity contribution in [3.8, 4) is 5.88 Å². The molecule has 19 nitrogen and oxygen atoms in total. The Bertz CT molecular complexity index is 1080. The maximum Gasteiger partial charge on any atom is 0.314 e. The smallest absolute Gasteiger partial charge is 0.314 e. The van der Waals surface area contributed by atoms with Crippen molar-refractivity contribution in [2.45, 2.75) is 63.1 Å². The molecule has 8 N–H and O–H groups in total. The van der Waals surface area contributed by atoms with Crippen LogP contribution in [-0.4, -0.2) is 181 Å². The van der Waals surface area contributed by atoms with Crippen molar-refractivity contribution in [2.24, 2.45) is 0 Å². The molecule has 0 spiro atoms. The fraction of sp³-hybridized carbons (Fsp3) is 0.800. The number of anilines is 1. The predicted molar refractivity (Wildman–Crippen MR) is 195 cm³/mol. The van der Waals surface area contributed by atoms with E-state index in [0.29, 0.717) is 130 Å². The van der Waals surface area contributed by atoms with E-state index in [1.54, 1.807) is 12.1 Å². The molecule has 54 heavy (non-hydrogen) atoms. The minimum absolute atomic E-state index is 0.305. The first kappa shape index (κ1) is 47.2. The van der Waals surface area contributed by atoms with Crippen molar-refractivity contribution in [1.29, 1.82) is 0 Å². The van der Waals surface area contributed by atoms with Gasteiger partial charge in [-0.3, -0.25) is 4.79 Å². The number of aliphatic hydroxyl groups is 3. The van der Waals surface area contributed by atoms with Crippen molar-refractivity contribution < 1.29 is 67.5 Å². The van der Waals surface area contributed by atoms with Gasteiger partial charge in [-0.2, -0.15) is 0 Å². The lowest BCUT2D eigenvalue weighted by molar-refractivity contribution is -0.196. The molecule has 0 aliphatic carbocycles. The second-order valence-electron chi connectivity index (χ2n) is 12.2. The largest absolute Gasteiger partial charge is 0.475 e. The molecular formula is C35H63N5O14. The minimum Gasteiger partial charge on any atom is -0.475 e. The lowest BCUT2D eigenvalue weighted by Gasteiger charge is -2.42. The average Bonchev–Trinajstić information content (AvgIpc) is 3.16. The number of carbonyl (C=O) groups excluding carboxylic acids is 2.